The number of nitrogens with zero attached hydrogens (tertiary/aromatic N) is 1. The lowest BCUT2D eigenvalue weighted by atomic mass is 10.0. The molecular weight excluding hydrogens is 384 g/mol. The fourth-order valence-electron chi connectivity index (χ4n) is 2.91. The van der Waals surface area contributed by atoms with E-state index in [0.717, 1.165) is 11.1 Å². The fraction of sp³-hybridized carbons (Fsp3) is 0.391. The molecule has 2 rings (SSSR count). The number of likely N-dealkylation sites (N-methyl/N-ethyl adjacent to an activating group) is 1. The minimum atomic E-state index is -0.846. The smallest absolute Gasteiger partial charge is 0.408 e. The van der Waals surface area contributed by atoms with Gasteiger partial charge < -0.3 is 24.8 Å². The third-order valence-electron chi connectivity index (χ3n) is 4.39. The number of methoxy groups -OCH3 is 1. The van der Waals surface area contributed by atoms with Gasteiger partial charge in [-0.3, -0.25) is 4.79 Å². The average molecular weight is 415 g/mol. The molecule has 0 saturated carbocycles. The molecule has 0 aliphatic carbocycles. The molecule has 2 aromatic rings. The number of carbonyl (C=O) groups is 2. The van der Waals surface area contributed by atoms with E-state index < -0.39 is 17.7 Å². The van der Waals surface area contributed by atoms with Crippen LogP contribution >= 0.6 is 0 Å². The van der Waals surface area contributed by atoms with Crippen molar-refractivity contribution < 1.29 is 24.2 Å². The molecular formula is C23H30N2O5. The fourth-order valence-corrected chi connectivity index (χ4v) is 2.91. The van der Waals surface area contributed by atoms with Crippen LogP contribution in [-0.2, 0) is 22.6 Å². The number of carbonyl (C=O) groups excluding carboxylic acids is 2. The molecule has 0 saturated heterocycles. The molecule has 0 aromatic heterocycles. The van der Waals surface area contributed by atoms with Gasteiger partial charge in [0.25, 0.3) is 0 Å². The van der Waals surface area contributed by atoms with Crippen molar-refractivity contribution in [1.82, 2.24) is 5.32 Å². The number of aliphatic hydroxyl groups is 1. The van der Waals surface area contributed by atoms with E-state index in [1.165, 1.54) is 4.90 Å². The van der Waals surface area contributed by atoms with E-state index in [4.69, 9.17) is 9.47 Å². The Balaban J connectivity index is 2.25. The van der Waals surface area contributed by atoms with Gasteiger partial charge in [0.05, 0.1) is 13.7 Å². The largest absolute Gasteiger partial charge is 0.497 e. The van der Waals surface area contributed by atoms with Crippen LogP contribution in [0.5, 0.6) is 5.75 Å². The zero-order chi connectivity index (χ0) is 22.3. The minimum absolute atomic E-state index is 0.0995. The van der Waals surface area contributed by atoms with Gasteiger partial charge in [-0.25, -0.2) is 4.79 Å². The minimum Gasteiger partial charge on any atom is -0.497 e. The van der Waals surface area contributed by atoms with E-state index >= 15 is 0 Å². The molecule has 7 heteroatoms. The number of rotatable bonds is 7. The molecule has 7 nitrogen and oxygen atoms in total. The van der Waals surface area contributed by atoms with Gasteiger partial charge in [0.1, 0.15) is 17.4 Å². The molecule has 1 unspecified atom stereocenters. The van der Waals surface area contributed by atoms with Crippen molar-refractivity contribution in [1.29, 1.82) is 0 Å². The maximum Gasteiger partial charge on any atom is 0.408 e. The van der Waals surface area contributed by atoms with Crippen LogP contribution in [0, 0.1) is 0 Å². The van der Waals surface area contributed by atoms with Gasteiger partial charge in [-0.05, 0) is 56.2 Å². The molecule has 162 valence electrons. The molecule has 2 N–H and O–H groups in total. The SMILES string of the molecule is COc1ccc(N(C)C(=O)C(Cc2cccc(CO)c2)NC(=O)OC(C)(C)C)cc1. The Kier molecular flexibility index (Phi) is 7.83. The van der Waals surface area contributed by atoms with Gasteiger partial charge in [0.15, 0.2) is 0 Å². The average Bonchev–Trinajstić information content (AvgIpc) is 2.71. The summed E-state index contributed by atoms with van der Waals surface area (Å²) in [5.74, 6) is 0.393. The first-order valence-corrected chi connectivity index (χ1v) is 9.72. The van der Waals surface area contributed by atoms with Crippen LogP contribution in [0.4, 0.5) is 10.5 Å². The Hall–Kier alpha value is -3.06. The van der Waals surface area contributed by atoms with E-state index in [0.29, 0.717) is 11.4 Å². The molecule has 0 heterocycles. The van der Waals surface area contributed by atoms with Gasteiger partial charge in [-0.15, -0.1) is 0 Å². The number of amides is 2. The maximum atomic E-state index is 13.2. The number of alkyl carbamates (subject to hydrolysis) is 1. The third-order valence-corrected chi connectivity index (χ3v) is 4.39. The number of anilines is 1. The van der Waals surface area contributed by atoms with Crippen molar-refractivity contribution in [2.45, 2.75) is 45.4 Å². The van der Waals surface area contributed by atoms with Crippen molar-refractivity contribution in [2.24, 2.45) is 0 Å². The number of benzene rings is 2. The monoisotopic (exact) mass is 414 g/mol. The second kappa shape index (κ2) is 10.1. The van der Waals surface area contributed by atoms with Crippen molar-refractivity contribution in [3.05, 3.63) is 59.7 Å². The van der Waals surface area contributed by atoms with E-state index in [1.807, 2.05) is 18.2 Å². The highest BCUT2D eigenvalue weighted by Crippen LogP contribution is 2.20. The van der Waals surface area contributed by atoms with Crippen LogP contribution < -0.4 is 15.0 Å². The molecule has 0 aliphatic rings. The molecule has 30 heavy (non-hydrogen) atoms. The lowest BCUT2D eigenvalue weighted by Gasteiger charge is -2.27. The predicted molar refractivity (Wildman–Crippen MR) is 116 cm³/mol. The van der Waals surface area contributed by atoms with Crippen LogP contribution in [0.25, 0.3) is 0 Å². The van der Waals surface area contributed by atoms with E-state index in [9.17, 15) is 14.7 Å². The first-order chi connectivity index (χ1) is 14.1. The molecule has 0 fully saturated rings. The molecule has 0 spiro atoms. The molecule has 2 amide bonds. The van der Waals surface area contributed by atoms with Crippen LogP contribution in [0.1, 0.15) is 31.9 Å². The quantitative estimate of drug-likeness (QED) is 0.726. The lowest BCUT2D eigenvalue weighted by Crippen LogP contribution is -2.50. The van der Waals surface area contributed by atoms with Gasteiger partial charge in [0, 0.05) is 19.2 Å². The summed E-state index contributed by atoms with van der Waals surface area (Å²) in [6.45, 7) is 5.19. The number of nitrogens with one attached hydrogen (secondary N) is 1. The van der Waals surface area contributed by atoms with Crippen LogP contribution in [0.2, 0.25) is 0 Å². The molecule has 0 radical (unpaired) electrons. The Morgan fingerprint density at radius 2 is 1.73 bits per heavy atom. The lowest BCUT2D eigenvalue weighted by molar-refractivity contribution is -0.120. The zero-order valence-corrected chi connectivity index (χ0v) is 18.1. The van der Waals surface area contributed by atoms with Crippen LogP contribution in [0.15, 0.2) is 48.5 Å². The second-order valence-electron chi connectivity index (χ2n) is 7.98. The summed E-state index contributed by atoms with van der Waals surface area (Å²) in [6, 6.07) is 13.5. The van der Waals surface area contributed by atoms with Crippen molar-refractivity contribution in [2.75, 3.05) is 19.1 Å². The molecule has 2 aromatic carbocycles. The Labute approximate surface area is 177 Å². The van der Waals surface area contributed by atoms with Gasteiger partial charge in [-0.2, -0.15) is 0 Å². The maximum absolute atomic E-state index is 13.2. The number of aliphatic hydroxyl groups excluding tert-OH is 1. The summed E-state index contributed by atoms with van der Waals surface area (Å²) >= 11 is 0. The number of hydrogen-bond donors (Lipinski definition) is 2. The third kappa shape index (κ3) is 6.77. The summed E-state index contributed by atoms with van der Waals surface area (Å²) < 4.78 is 10.5. The predicted octanol–water partition coefficient (Wildman–Crippen LogP) is 3.29. The summed E-state index contributed by atoms with van der Waals surface area (Å²) in [4.78, 5) is 27.1. The van der Waals surface area contributed by atoms with Gasteiger partial charge in [0.2, 0.25) is 5.91 Å². The Bertz CT molecular complexity index is 859. The first kappa shape index (κ1) is 23.2. The summed E-state index contributed by atoms with van der Waals surface area (Å²) in [5, 5.41) is 12.1. The van der Waals surface area contributed by atoms with Crippen molar-refractivity contribution in [3.63, 3.8) is 0 Å². The summed E-state index contributed by atoms with van der Waals surface area (Å²) in [7, 11) is 3.23. The summed E-state index contributed by atoms with van der Waals surface area (Å²) in [6.07, 6.45) is -0.408. The second-order valence-corrected chi connectivity index (χ2v) is 7.98. The zero-order valence-electron chi connectivity index (χ0n) is 18.1. The topological polar surface area (TPSA) is 88.1 Å². The highest BCUT2D eigenvalue weighted by molar-refractivity contribution is 5.98. The van der Waals surface area contributed by atoms with Crippen LogP contribution in [-0.4, -0.2) is 42.9 Å². The Morgan fingerprint density at radius 1 is 1.10 bits per heavy atom. The van der Waals surface area contributed by atoms with E-state index in [-0.39, 0.29) is 18.9 Å². The molecule has 1 atom stereocenters. The van der Waals surface area contributed by atoms with E-state index in [2.05, 4.69) is 5.32 Å². The molecule has 0 aliphatic heterocycles. The highest BCUT2D eigenvalue weighted by Gasteiger charge is 2.27. The normalized spacial score (nSPS) is 12.1. The van der Waals surface area contributed by atoms with Crippen molar-refractivity contribution in [3.8, 4) is 5.75 Å². The van der Waals surface area contributed by atoms with Gasteiger partial charge in [-0.1, -0.05) is 24.3 Å². The standard InChI is InChI=1S/C23H30N2O5/c1-23(2,3)30-22(28)24-20(14-16-7-6-8-17(13-16)15-26)21(27)25(4)18-9-11-19(29-5)12-10-18/h6-13,20,26H,14-15H2,1-5H3,(H,24,28). The summed E-state index contributed by atoms with van der Waals surface area (Å²) in [5.41, 5.74) is 1.54. The highest BCUT2D eigenvalue weighted by atomic mass is 16.6. The molecule has 0 bridgehead atoms. The van der Waals surface area contributed by atoms with E-state index in [1.54, 1.807) is 65.3 Å². The van der Waals surface area contributed by atoms with Crippen LogP contribution in [0.3, 0.4) is 0 Å². The number of hydrogen-bond acceptors (Lipinski definition) is 5. The van der Waals surface area contributed by atoms with Gasteiger partial charge >= 0.3 is 6.09 Å². The number of ether oxygens (including phenoxy) is 2. The Morgan fingerprint density at radius 3 is 2.30 bits per heavy atom. The first-order valence-electron chi connectivity index (χ1n) is 9.72. The van der Waals surface area contributed by atoms with Crippen molar-refractivity contribution >= 4 is 17.7 Å².